The Morgan fingerprint density at radius 1 is 1.67 bits per heavy atom. The second kappa shape index (κ2) is 4.88. The summed E-state index contributed by atoms with van der Waals surface area (Å²) in [5, 5.41) is 3.83. The van der Waals surface area contributed by atoms with E-state index < -0.39 is 11.1 Å². The molecule has 0 bridgehead atoms. The van der Waals surface area contributed by atoms with Gasteiger partial charge in [0.05, 0.1) is 10.2 Å². The van der Waals surface area contributed by atoms with Gasteiger partial charge in [-0.25, -0.2) is 0 Å². The van der Waals surface area contributed by atoms with Crippen molar-refractivity contribution in [2.45, 2.75) is 11.9 Å². The molecular weight excluding hydrogens is 255 g/mol. The van der Waals surface area contributed by atoms with Crippen LogP contribution in [0.2, 0.25) is 0 Å². The number of rotatable bonds is 1. The van der Waals surface area contributed by atoms with Gasteiger partial charge in [0.15, 0.2) is 0 Å². The molecule has 7 heteroatoms. The van der Waals surface area contributed by atoms with Gasteiger partial charge in [-0.3, -0.25) is 8.89 Å². The molecule has 62 valence electrons. The number of aromatic nitrogens is 2. The first-order valence-electron chi connectivity index (χ1n) is 2.82. The van der Waals surface area contributed by atoms with Crippen LogP contribution in [0.3, 0.4) is 0 Å². The van der Waals surface area contributed by atoms with Gasteiger partial charge in [-0.1, -0.05) is 0 Å². The molecule has 0 saturated carbocycles. The SMILES string of the molecule is Cc1c(Br)c(S(=O)[O-])nn1C.[Na+]. The molecule has 0 aromatic carbocycles. The second-order valence-corrected chi connectivity index (χ2v) is 3.71. The van der Waals surface area contributed by atoms with Crippen LogP contribution >= 0.6 is 15.9 Å². The number of halogens is 1. The summed E-state index contributed by atoms with van der Waals surface area (Å²) in [6.07, 6.45) is 0. The second-order valence-electron chi connectivity index (χ2n) is 2.06. The van der Waals surface area contributed by atoms with Crippen LogP contribution in [0, 0.1) is 6.92 Å². The standard InChI is InChI=1S/C5H7BrN2O2S.Na/c1-3-4(6)5(11(9)10)7-8(3)2;/h1-2H3,(H,9,10);/q;+1/p-1. The molecular formula is C5H6BrN2NaO2S. The van der Waals surface area contributed by atoms with Crippen LogP contribution in [-0.4, -0.2) is 18.5 Å². The Hall–Kier alpha value is 0.800. The molecule has 0 N–H and O–H groups in total. The first-order valence-corrected chi connectivity index (χ1v) is 4.69. The summed E-state index contributed by atoms with van der Waals surface area (Å²) in [4.78, 5) is 0. The van der Waals surface area contributed by atoms with Gasteiger partial charge in [-0.05, 0) is 22.9 Å². The third kappa shape index (κ3) is 2.40. The van der Waals surface area contributed by atoms with Crippen molar-refractivity contribution in [1.82, 2.24) is 9.78 Å². The fourth-order valence-electron chi connectivity index (χ4n) is 0.658. The third-order valence-electron chi connectivity index (χ3n) is 1.39. The molecule has 0 aliphatic rings. The summed E-state index contributed by atoms with van der Waals surface area (Å²) in [6.45, 7) is 1.79. The van der Waals surface area contributed by atoms with E-state index in [0.717, 1.165) is 5.69 Å². The Morgan fingerprint density at radius 3 is 2.33 bits per heavy atom. The molecule has 0 saturated heterocycles. The van der Waals surface area contributed by atoms with Crippen molar-refractivity contribution in [2.75, 3.05) is 0 Å². The van der Waals surface area contributed by atoms with Crippen LogP contribution in [0.4, 0.5) is 0 Å². The van der Waals surface area contributed by atoms with E-state index in [1.165, 1.54) is 4.68 Å². The Labute approximate surface area is 103 Å². The summed E-state index contributed by atoms with van der Waals surface area (Å²) in [5.41, 5.74) is 0.796. The quantitative estimate of drug-likeness (QED) is 0.423. The van der Waals surface area contributed by atoms with E-state index in [4.69, 9.17) is 0 Å². The van der Waals surface area contributed by atoms with E-state index >= 15 is 0 Å². The molecule has 1 atom stereocenters. The minimum absolute atomic E-state index is 0. The predicted molar refractivity (Wildman–Crippen MR) is 42.8 cm³/mol. The van der Waals surface area contributed by atoms with Crippen molar-refractivity contribution in [2.24, 2.45) is 7.05 Å². The first kappa shape index (κ1) is 12.8. The van der Waals surface area contributed by atoms with Crippen LogP contribution in [0.5, 0.6) is 0 Å². The molecule has 4 nitrogen and oxygen atoms in total. The van der Waals surface area contributed by atoms with Gasteiger partial charge >= 0.3 is 29.6 Å². The van der Waals surface area contributed by atoms with Crippen LogP contribution in [0.15, 0.2) is 9.50 Å². The van der Waals surface area contributed by atoms with Crippen molar-refractivity contribution >= 4 is 27.0 Å². The predicted octanol–water partition coefficient (Wildman–Crippen LogP) is -2.27. The maximum absolute atomic E-state index is 10.5. The van der Waals surface area contributed by atoms with Gasteiger partial charge in [0.25, 0.3) is 0 Å². The van der Waals surface area contributed by atoms with Crippen molar-refractivity contribution in [3.05, 3.63) is 10.2 Å². The zero-order valence-electron chi connectivity index (χ0n) is 7.00. The molecule has 1 unspecified atom stereocenters. The monoisotopic (exact) mass is 260 g/mol. The van der Waals surface area contributed by atoms with Crippen molar-refractivity contribution in [3.8, 4) is 0 Å². The number of hydrogen-bond donors (Lipinski definition) is 0. The molecule has 1 aromatic heterocycles. The van der Waals surface area contributed by atoms with E-state index in [9.17, 15) is 8.76 Å². The molecule has 0 aliphatic heterocycles. The Balaban J connectivity index is 0.00000121. The maximum Gasteiger partial charge on any atom is 1.00 e. The Bertz CT molecular complexity index is 315. The average molecular weight is 261 g/mol. The van der Waals surface area contributed by atoms with Crippen molar-refractivity contribution in [1.29, 1.82) is 0 Å². The fraction of sp³-hybridized carbons (Fsp3) is 0.400. The number of aryl methyl sites for hydroxylation is 1. The third-order valence-corrected chi connectivity index (χ3v) is 3.20. The van der Waals surface area contributed by atoms with Gasteiger partial charge in [0, 0.05) is 18.1 Å². The van der Waals surface area contributed by atoms with E-state index in [-0.39, 0.29) is 34.6 Å². The summed E-state index contributed by atoms with van der Waals surface area (Å²) in [6, 6.07) is 0. The van der Waals surface area contributed by atoms with Crippen LogP contribution < -0.4 is 29.6 Å². The molecule has 0 spiro atoms. The van der Waals surface area contributed by atoms with Crippen LogP contribution in [0.25, 0.3) is 0 Å². The maximum atomic E-state index is 10.5. The number of nitrogens with zero attached hydrogens (tertiary/aromatic N) is 2. The summed E-state index contributed by atoms with van der Waals surface area (Å²) in [5.74, 6) is 0. The zero-order chi connectivity index (χ0) is 8.59. The van der Waals surface area contributed by atoms with Crippen molar-refractivity contribution in [3.63, 3.8) is 0 Å². The van der Waals surface area contributed by atoms with E-state index in [1.807, 2.05) is 0 Å². The average Bonchev–Trinajstić information content (AvgIpc) is 2.17. The number of hydrogen-bond acceptors (Lipinski definition) is 3. The summed E-state index contributed by atoms with van der Waals surface area (Å²) in [7, 11) is 1.69. The smallest absolute Gasteiger partial charge is 0.767 e. The minimum atomic E-state index is -2.26. The Kier molecular flexibility index (Phi) is 5.20. The van der Waals surface area contributed by atoms with Gasteiger partial charge in [0.1, 0.15) is 5.03 Å². The Morgan fingerprint density at radius 2 is 2.17 bits per heavy atom. The summed E-state index contributed by atoms with van der Waals surface area (Å²) < 4.78 is 23.0. The molecule has 0 amide bonds. The largest absolute Gasteiger partial charge is 1.00 e. The van der Waals surface area contributed by atoms with Gasteiger partial charge < -0.3 is 4.55 Å². The minimum Gasteiger partial charge on any atom is -0.767 e. The van der Waals surface area contributed by atoms with Crippen LogP contribution in [0.1, 0.15) is 5.69 Å². The first-order chi connectivity index (χ1) is 5.04. The topological polar surface area (TPSA) is 57.9 Å². The van der Waals surface area contributed by atoms with Gasteiger partial charge in [-0.15, -0.1) is 0 Å². The zero-order valence-corrected chi connectivity index (χ0v) is 11.4. The molecule has 0 aliphatic carbocycles. The van der Waals surface area contributed by atoms with Gasteiger partial charge in [-0.2, -0.15) is 5.10 Å². The van der Waals surface area contributed by atoms with Crippen molar-refractivity contribution < 1.29 is 38.3 Å². The summed E-state index contributed by atoms with van der Waals surface area (Å²) >= 11 is 0.866. The molecule has 0 radical (unpaired) electrons. The van der Waals surface area contributed by atoms with Gasteiger partial charge in [0.2, 0.25) is 0 Å². The van der Waals surface area contributed by atoms with Crippen LogP contribution in [-0.2, 0) is 18.1 Å². The molecule has 0 fully saturated rings. The molecule has 1 aromatic rings. The fourth-order valence-corrected chi connectivity index (χ4v) is 1.87. The molecule has 12 heavy (non-hydrogen) atoms. The van der Waals surface area contributed by atoms with E-state index in [0.29, 0.717) is 4.47 Å². The van der Waals surface area contributed by atoms with E-state index in [1.54, 1.807) is 14.0 Å². The normalized spacial score (nSPS) is 12.3. The van der Waals surface area contributed by atoms with E-state index in [2.05, 4.69) is 21.0 Å². The molecule has 1 rings (SSSR count). The molecule has 1 heterocycles.